The number of carbonyl (C=O) groups is 2. The van der Waals surface area contributed by atoms with Gasteiger partial charge in [0.15, 0.2) is 0 Å². The lowest BCUT2D eigenvalue weighted by Gasteiger charge is -2.27. The highest BCUT2D eigenvalue weighted by atomic mass is 19.4. The van der Waals surface area contributed by atoms with Crippen LogP contribution in [0.25, 0.3) is 0 Å². The Kier molecular flexibility index (Phi) is 4.94. The van der Waals surface area contributed by atoms with Crippen molar-refractivity contribution >= 4 is 11.9 Å². The van der Waals surface area contributed by atoms with E-state index < -0.39 is 36.6 Å². The lowest BCUT2D eigenvalue weighted by Crippen LogP contribution is -2.36. The molecule has 0 unspecified atom stereocenters. The molecule has 1 saturated heterocycles. The minimum absolute atomic E-state index is 0.265. The van der Waals surface area contributed by atoms with Crippen molar-refractivity contribution in [2.24, 2.45) is 11.8 Å². The number of esters is 1. The zero-order valence-electron chi connectivity index (χ0n) is 11.9. The highest BCUT2D eigenvalue weighted by molar-refractivity contribution is 5.86. The molecule has 8 heteroatoms. The minimum atomic E-state index is -4.48. The van der Waals surface area contributed by atoms with Crippen molar-refractivity contribution < 1.29 is 27.5 Å². The Balaban J connectivity index is 1.91. The van der Waals surface area contributed by atoms with Gasteiger partial charge in [-0.25, -0.2) is 0 Å². The van der Waals surface area contributed by atoms with Crippen LogP contribution in [-0.2, 0) is 14.3 Å². The molecule has 0 aromatic carbocycles. The van der Waals surface area contributed by atoms with Crippen LogP contribution in [0.4, 0.5) is 13.2 Å². The predicted octanol–water partition coefficient (Wildman–Crippen LogP) is 2.02. The molecule has 0 aromatic rings. The van der Waals surface area contributed by atoms with Crippen LogP contribution in [0.5, 0.6) is 0 Å². The third kappa shape index (κ3) is 4.12. The summed E-state index contributed by atoms with van der Waals surface area (Å²) in [5.74, 6) is -2.62. The highest BCUT2D eigenvalue weighted by Crippen LogP contribution is 2.29. The van der Waals surface area contributed by atoms with Gasteiger partial charge in [-0.3, -0.25) is 9.59 Å². The lowest BCUT2D eigenvalue weighted by molar-refractivity contribution is -0.160. The van der Waals surface area contributed by atoms with Crippen molar-refractivity contribution in [1.29, 1.82) is 5.26 Å². The molecule has 1 saturated carbocycles. The summed E-state index contributed by atoms with van der Waals surface area (Å²) >= 11 is 0. The molecule has 0 aromatic heterocycles. The average Bonchev–Trinajstić information content (AvgIpc) is 2.79. The second kappa shape index (κ2) is 6.55. The summed E-state index contributed by atoms with van der Waals surface area (Å²) in [5, 5.41) is 9.02. The summed E-state index contributed by atoms with van der Waals surface area (Å²) < 4.78 is 42.3. The molecule has 2 fully saturated rings. The van der Waals surface area contributed by atoms with Gasteiger partial charge >= 0.3 is 12.1 Å². The van der Waals surface area contributed by atoms with Crippen molar-refractivity contribution in [3.05, 3.63) is 0 Å². The Labute approximate surface area is 126 Å². The molecule has 2 aliphatic rings. The van der Waals surface area contributed by atoms with E-state index in [9.17, 15) is 22.8 Å². The fourth-order valence-corrected chi connectivity index (χ4v) is 2.93. The van der Waals surface area contributed by atoms with Crippen molar-refractivity contribution in [1.82, 2.24) is 4.90 Å². The van der Waals surface area contributed by atoms with E-state index >= 15 is 0 Å². The number of rotatable bonds is 3. The Morgan fingerprint density at radius 3 is 2.68 bits per heavy atom. The van der Waals surface area contributed by atoms with Crippen LogP contribution in [0.3, 0.4) is 0 Å². The van der Waals surface area contributed by atoms with Gasteiger partial charge in [0.25, 0.3) is 0 Å². The number of carbonyl (C=O) groups excluding carboxylic acids is 2. The maximum absolute atomic E-state index is 12.3. The standard InChI is InChI=1S/C14H17F3N2O3/c15-14(16,17)8-19-7-10(5-12(19)20)13(21)22-11-4-2-1-3-9(11)6-18/h9-11H,1-5,7-8H2/t9-,10-,11-/m1/s1. The van der Waals surface area contributed by atoms with Gasteiger partial charge in [-0.2, -0.15) is 18.4 Å². The molecule has 2 rings (SSSR count). The molecule has 5 nitrogen and oxygen atoms in total. The molecule has 1 amide bonds. The van der Waals surface area contributed by atoms with Gasteiger partial charge in [-0.05, 0) is 19.3 Å². The monoisotopic (exact) mass is 318 g/mol. The number of nitrogens with zero attached hydrogens (tertiary/aromatic N) is 2. The molecule has 1 aliphatic heterocycles. The number of hydrogen-bond donors (Lipinski definition) is 0. The summed E-state index contributed by atoms with van der Waals surface area (Å²) in [6.07, 6.45) is -2.29. The van der Waals surface area contributed by atoms with Crippen LogP contribution >= 0.6 is 0 Å². The quantitative estimate of drug-likeness (QED) is 0.747. The molecular formula is C14H17F3N2O3. The second-order valence-electron chi connectivity index (χ2n) is 5.79. The number of likely N-dealkylation sites (tertiary alicyclic amines) is 1. The molecule has 0 spiro atoms. The number of alkyl halides is 3. The predicted molar refractivity (Wildman–Crippen MR) is 68.2 cm³/mol. The fourth-order valence-electron chi connectivity index (χ4n) is 2.93. The fraction of sp³-hybridized carbons (Fsp3) is 0.786. The summed E-state index contributed by atoms with van der Waals surface area (Å²) in [4.78, 5) is 24.2. The van der Waals surface area contributed by atoms with Crippen LogP contribution in [0, 0.1) is 23.2 Å². The molecular weight excluding hydrogens is 301 g/mol. The van der Waals surface area contributed by atoms with Crippen LogP contribution in [0.15, 0.2) is 0 Å². The van der Waals surface area contributed by atoms with Crippen molar-refractivity contribution in [3.63, 3.8) is 0 Å². The van der Waals surface area contributed by atoms with Crippen LogP contribution < -0.4 is 0 Å². The first-order chi connectivity index (χ1) is 10.3. The van der Waals surface area contributed by atoms with Gasteiger partial charge in [0.1, 0.15) is 12.6 Å². The second-order valence-corrected chi connectivity index (χ2v) is 5.79. The van der Waals surface area contributed by atoms with Crippen LogP contribution in [0.2, 0.25) is 0 Å². The number of nitriles is 1. The molecule has 1 aliphatic carbocycles. The number of ether oxygens (including phenoxy) is 1. The topological polar surface area (TPSA) is 70.4 Å². The zero-order valence-corrected chi connectivity index (χ0v) is 11.9. The Bertz CT molecular complexity index is 487. The van der Waals surface area contributed by atoms with Gasteiger partial charge in [0, 0.05) is 13.0 Å². The third-order valence-electron chi connectivity index (χ3n) is 4.05. The molecule has 0 bridgehead atoms. The number of halogens is 3. The summed E-state index contributed by atoms with van der Waals surface area (Å²) in [5.41, 5.74) is 0. The molecule has 0 radical (unpaired) electrons. The Morgan fingerprint density at radius 2 is 2.05 bits per heavy atom. The first kappa shape index (κ1) is 16.6. The van der Waals surface area contributed by atoms with E-state index in [0.29, 0.717) is 17.7 Å². The van der Waals surface area contributed by atoms with E-state index in [0.717, 1.165) is 12.8 Å². The first-order valence-electron chi connectivity index (χ1n) is 7.25. The van der Waals surface area contributed by atoms with E-state index in [2.05, 4.69) is 6.07 Å². The maximum Gasteiger partial charge on any atom is 0.406 e. The van der Waals surface area contributed by atoms with Crippen molar-refractivity contribution in [3.8, 4) is 6.07 Å². The Hall–Kier alpha value is -1.78. The van der Waals surface area contributed by atoms with Crippen molar-refractivity contribution in [2.75, 3.05) is 13.1 Å². The number of hydrogen-bond acceptors (Lipinski definition) is 4. The first-order valence-corrected chi connectivity index (χ1v) is 7.25. The van der Waals surface area contributed by atoms with Crippen LogP contribution in [-0.4, -0.2) is 42.1 Å². The molecule has 122 valence electrons. The lowest BCUT2D eigenvalue weighted by atomic mass is 9.87. The van der Waals surface area contributed by atoms with E-state index in [4.69, 9.17) is 10.00 Å². The highest BCUT2D eigenvalue weighted by Gasteiger charge is 2.42. The van der Waals surface area contributed by atoms with Gasteiger partial charge in [0.05, 0.1) is 17.9 Å². The maximum atomic E-state index is 12.3. The van der Waals surface area contributed by atoms with Crippen LogP contribution in [0.1, 0.15) is 32.1 Å². The van der Waals surface area contributed by atoms with E-state index in [1.54, 1.807) is 0 Å². The summed E-state index contributed by atoms with van der Waals surface area (Å²) in [6.45, 7) is -1.62. The Morgan fingerprint density at radius 1 is 1.36 bits per heavy atom. The SMILES string of the molecule is N#C[C@H]1CCCC[C@H]1OC(=O)[C@@H]1CC(=O)N(CC(F)(F)F)C1. The van der Waals surface area contributed by atoms with Gasteiger partial charge in [-0.1, -0.05) is 6.42 Å². The van der Waals surface area contributed by atoms with Crippen molar-refractivity contribution in [2.45, 2.75) is 44.4 Å². The van der Waals surface area contributed by atoms with E-state index in [-0.39, 0.29) is 18.9 Å². The molecule has 22 heavy (non-hydrogen) atoms. The molecule has 1 heterocycles. The largest absolute Gasteiger partial charge is 0.461 e. The number of amides is 1. The van der Waals surface area contributed by atoms with Gasteiger partial charge < -0.3 is 9.64 Å². The average molecular weight is 318 g/mol. The zero-order chi connectivity index (χ0) is 16.3. The normalized spacial score (nSPS) is 29.3. The van der Waals surface area contributed by atoms with E-state index in [1.807, 2.05) is 0 Å². The molecule has 3 atom stereocenters. The smallest absolute Gasteiger partial charge is 0.406 e. The van der Waals surface area contributed by atoms with Gasteiger partial charge in [-0.15, -0.1) is 0 Å². The summed E-state index contributed by atoms with van der Waals surface area (Å²) in [7, 11) is 0. The third-order valence-corrected chi connectivity index (χ3v) is 4.05. The minimum Gasteiger partial charge on any atom is -0.461 e. The summed E-state index contributed by atoms with van der Waals surface area (Å²) in [6, 6.07) is 2.10. The van der Waals surface area contributed by atoms with Gasteiger partial charge in [0.2, 0.25) is 5.91 Å². The van der Waals surface area contributed by atoms with E-state index in [1.165, 1.54) is 0 Å². The molecule has 0 N–H and O–H groups in total.